The van der Waals surface area contributed by atoms with Gasteiger partial charge in [0.15, 0.2) is 0 Å². The van der Waals surface area contributed by atoms with E-state index in [4.69, 9.17) is 4.74 Å². The molecule has 0 spiro atoms. The lowest BCUT2D eigenvalue weighted by atomic mass is 10.2. The van der Waals surface area contributed by atoms with E-state index in [1.54, 1.807) is 13.0 Å². The monoisotopic (exact) mass is 427 g/mol. The molecule has 3 aromatic rings. The second kappa shape index (κ2) is 8.99. The third kappa shape index (κ3) is 4.15. The van der Waals surface area contributed by atoms with E-state index in [-0.39, 0.29) is 11.9 Å². The number of hydrogen-bond donors (Lipinski definition) is 0. The van der Waals surface area contributed by atoms with Crippen LogP contribution in [-0.4, -0.2) is 74.8 Å². The number of carbonyl (C=O) groups excluding carboxylic acids is 2. The van der Waals surface area contributed by atoms with Crippen LogP contribution in [0.2, 0.25) is 0 Å². The van der Waals surface area contributed by atoms with E-state index in [0.717, 1.165) is 18.8 Å². The van der Waals surface area contributed by atoms with Crippen LogP contribution >= 0.6 is 11.3 Å². The predicted octanol–water partition coefficient (Wildman–Crippen LogP) is 1.65. The number of anilines is 1. The van der Waals surface area contributed by atoms with Gasteiger partial charge in [-0.25, -0.2) is 9.78 Å². The van der Waals surface area contributed by atoms with Gasteiger partial charge < -0.3 is 14.5 Å². The van der Waals surface area contributed by atoms with Gasteiger partial charge in [-0.1, -0.05) is 0 Å². The summed E-state index contributed by atoms with van der Waals surface area (Å²) in [5.74, 6) is 0.379. The summed E-state index contributed by atoms with van der Waals surface area (Å²) >= 11 is 1.38. The van der Waals surface area contributed by atoms with E-state index < -0.39 is 0 Å². The van der Waals surface area contributed by atoms with E-state index in [1.807, 2.05) is 22.4 Å². The van der Waals surface area contributed by atoms with Gasteiger partial charge in [-0.3, -0.25) is 4.79 Å². The summed E-state index contributed by atoms with van der Waals surface area (Å²) in [7, 11) is 0. The topological polar surface area (TPSA) is 106 Å². The van der Waals surface area contributed by atoms with E-state index in [0.29, 0.717) is 42.4 Å². The van der Waals surface area contributed by atoms with Crippen LogP contribution in [0.15, 0.2) is 36.1 Å². The molecule has 0 aliphatic carbocycles. The van der Waals surface area contributed by atoms with Crippen LogP contribution in [0.5, 0.6) is 0 Å². The fourth-order valence-corrected chi connectivity index (χ4v) is 4.16. The molecule has 0 saturated carbocycles. The summed E-state index contributed by atoms with van der Waals surface area (Å²) in [5.41, 5.74) is 1.12. The molecule has 3 aromatic heterocycles. The molecule has 10 nitrogen and oxygen atoms in total. The predicted molar refractivity (Wildman–Crippen MR) is 110 cm³/mol. The fourth-order valence-electron chi connectivity index (χ4n) is 3.32. The van der Waals surface area contributed by atoms with Crippen molar-refractivity contribution in [1.29, 1.82) is 0 Å². The van der Waals surface area contributed by atoms with Crippen LogP contribution < -0.4 is 4.90 Å². The Kier molecular flexibility index (Phi) is 5.98. The van der Waals surface area contributed by atoms with Gasteiger partial charge in [0.1, 0.15) is 17.0 Å². The van der Waals surface area contributed by atoms with Crippen molar-refractivity contribution in [1.82, 2.24) is 30.1 Å². The minimum atomic E-state index is -0.376. The summed E-state index contributed by atoms with van der Waals surface area (Å²) in [6, 6.07) is 5.38. The van der Waals surface area contributed by atoms with Gasteiger partial charge >= 0.3 is 5.97 Å². The summed E-state index contributed by atoms with van der Waals surface area (Å²) in [5, 5.41) is 13.0. The zero-order valence-corrected chi connectivity index (χ0v) is 17.3. The fraction of sp³-hybridized carbons (Fsp3) is 0.368. The summed E-state index contributed by atoms with van der Waals surface area (Å²) in [6.45, 7) is 4.76. The molecule has 1 aliphatic rings. The number of hydrogen-bond acceptors (Lipinski definition) is 9. The van der Waals surface area contributed by atoms with E-state index in [1.165, 1.54) is 28.5 Å². The summed E-state index contributed by atoms with van der Waals surface area (Å²) in [6.07, 6.45) is 3.83. The minimum Gasteiger partial charge on any atom is -0.462 e. The van der Waals surface area contributed by atoms with E-state index in [9.17, 15) is 9.59 Å². The second-order valence-electron chi connectivity index (χ2n) is 6.65. The Morgan fingerprint density at radius 3 is 2.80 bits per heavy atom. The first-order valence-corrected chi connectivity index (χ1v) is 10.5. The molecule has 4 heterocycles. The van der Waals surface area contributed by atoms with Gasteiger partial charge in [-0.05, 0) is 47.4 Å². The van der Waals surface area contributed by atoms with Crippen molar-refractivity contribution in [3.8, 4) is 5.69 Å². The first-order chi connectivity index (χ1) is 14.7. The molecule has 4 rings (SSSR count). The number of ether oxygens (including phenoxy) is 1. The Labute approximate surface area is 177 Å². The smallest absolute Gasteiger partial charge is 0.339 e. The zero-order valence-electron chi connectivity index (χ0n) is 16.5. The number of amides is 1. The lowest BCUT2D eigenvalue weighted by molar-refractivity contribution is 0.0525. The zero-order chi connectivity index (χ0) is 20.9. The van der Waals surface area contributed by atoms with Crippen LogP contribution in [0.3, 0.4) is 0 Å². The van der Waals surface area contributed by atoms with Crippen LogP contribution in [-0.2, 0) is 4.74 Å². The number of nitrogens with zero attached hydrogens (tertiary/aromatic N) is 7. The van der Waals surface area contributed by atoms with Crippen molar-refractivity contribution in [2.45, 2.75) is 13.3 Å². The lowest BCUT2D eigenvalue weighted by Crippen LogP contribution is -2.35. The molecule has 30 heavy (non-hydrogen) atoms. The van der Waals surface area contributed by atoms with Gasteiger partial charge in [0.25, 0.3) is 5.91 Å². The molecule has 156 valence electrons. The maximum Gasteiger partial charge on any atom is 0.339 e. The average Bonchev–Trinajstić information content (AvgIpc) is 3.41. The van der Waals surface area contributed by atoms with Crippen molar-refractivity contribution in [3.05, 3.63) is 46.5 Å². The number of esters is 1. The number of thiophene rings is 1. The third-order valence-electron chi connectivity index (χ3n) is 4.80. The molecule has 1 saturated heterocycles. The Hall–Kier alpha value is -3.34. The van der Waals surface area contributed by atoms with Crippen molar-refractivity contribution in [2.75, 3.05) is 37.7 Å². The van der Waals surface area contributed by atoms with Crippen molar-refractivity contribution >= 4 is 29.0 Å². The number of aromatic nitrogens is 5. The highest BCUT2D eigenvalue weighted by Gasteiger charge is 2.24. The molecule has 0 N–H and O–H groups in total. The number of carbonyl (C=O) groups is 2. The Morgan fingerprint density at radius 2 is 2.07 bits per heavy atom. The van der Waals surface area contributed by atoms with Crippen LogP contribution in [0, 0.1) is 0 Å². The van der Waals surface area contributed by atoms with E-state index >= 15 is 0 Å². The van der Waals surface area contributed by atoms with Gasteiger partial charge in [0, 0.05) is 32.4 Å². The van der Waals surface area contributed by atoms with Gasteiger partial charge in [0.05, 0.1) is 17.9 Å². The highest BCUT2D eigenvalue weighted by Crippen LogP contribution is 2.23. The van der Waals surface area contributed by atoms with Crippen molar-refractivity contribution < 1.29 is 14.3 Å². The van der Waals surface area contributed by atoms with Crippen LogP contribution in [0.25, 0.3) is 5.69 Å². The average molecular weight is 427 g/mol. The van der Waals surface area contributed by atoms with Gasteiger partial charge in [-0.15, -0.1) is 16.4 Å². The third-order valence-corrected chi connectivity index (χ3v) is 5.69. The number of rotatable bonds is 5. The Bertz CT molecular complexity index is 1000. The van der Waals surface area contributed by atoms with Crippen LogP contribution in [0.1, 0.15) is 33.4 Å². The summed E-state index contributed by atoms with van der Waals surface area (Å²) < 4.78 is 6.50. The number of tetrazole rings is 1. The summed E-state index contributed by atoms with van der Waals surface area (Å²) in [4.78, 5) is 33.9. The normalized spacial score (nSPS) is 14.4. The molecule has 0 unspecified atom stereocenters. The minimum absolute atomic E-state index is 0.0250. The Morgan fingerprint density at radius 1 is 1.17 bits per heavy atom. The molecule has 1 amide bonds. The molecular formula is C19H21N7O3S. The Balaban J connectivity index is 1.43. The highest BCUT2D eigenvalue weighted by atomic mass is 32.1. The maximum atomic E-state index is 13.1. The van der Waals surface area contributed by atoms with Gasteiger partial charge in [0.2, 0.25) is 0 Å². The molecule has 11 heteroatoms. The quantitative estimate of drug-likeness (QED) is 0.566. The van der Waals surface area contributed by atoms with Crippen molar-refractivity contribution in [3.63, 3.8) is 0 Å². The SMILES string of the molecule is CCOC(=O)c1ccc(N2CCCN(C(=O)c3sccc3-n3cnnn3)CC2)nc1. The maximum absolute atomic E-state index is 13.1. The van der Waals surface area contributed by atoms with Gasteiger partial charge in [-0.2, -0.15) is 4.68 Å². The first kappa shape index (κ1) is 20.0. The molecular weight excluding hydrogens is 406 g/mol. The molecule has 0 aromatic carbocycles. The molecule has 0 bridgehead atoms. The van der Waals surface area contributed by atoms with Crippen molar-refractivity contribution in [2.24, 2.45) is 0 Å². The molecule has 1 fully saturated rings. The standard InChI is InChI=1S/C19H21N7O3S/c1-2-29-19(28)14-4-5-16(20-12-14)24-7-3-8-25(10-9-24)18(27)17-15(6-11-30-17)26-13-21-22-23-26/h4-6,11-13H,2-3,7-10H2,1H3. The largest absolute Gasteiger partial charge is 0.462 e. The second-order valence-corrected chi connectivity index (χ2v) is 7.56. The van der Waals surface area contributed by atoms with Crippen LogP contribution in [0.4, 0.5) is 5.82 Å². The lowest BCUT2D eigenvalue weighted by Gasteiger charge is -2.23. The number of pyridine rings is 1. The first-order valence-electron chi connectivity index (χ1n) is 9.65. The highest BCUT2D eigenvalue weighted by molar-refractivity contribution is 7.12. The molecule has 0 radical (unpaired) electrons. The molecule has 0 atom stereocenters. The molecule has 1 aliphatic heterocycles. The van der Waals surface area contributed by atoms with E-state index in [2.05, 4.69) is 25.4 Å².